The third-order valence-electron chi connectivity index (χ3n) is 4.55. The number of thiophene rings is 1. The molecule has 164 valence electrons. The Morgan fingerprint density at radius 3 is 2.90 bits per heavy atom. The second kappa shape index (κ2) is 9.65. The van der Waals surface area contributed by atoms with Crippen LogP contribution < -0.4 is 21.5 Å². The lowest BCUT2D eigenvalue weighted by molar-refractivity contribution is -0.118. The van der Waals surface area contributed by atoms with Crippen LogP contribution in [0.15, 0.2) is 47.3 Å². The number of amides is 1. The van der Waals surface area contributed by atoms with Crippen LogP contribution in [0, 0.1) is 0 Å². The molecule has 1 amide bonds. The number of nitrogens with two attached hydrogens (primary N) is 1. The van der Waals surface area contributed by atoms with Gasteiger partial charge in [-0.2, -0.15) is 5.10 Å². The van der Waals surface area contributed by atoms with Crippen LogP contribution in [0.4, 0.5) is 10.1 Å². The topological polar surface area (TPSA) is 104 Å². The van der Waals surface area contributed by atoms with Gasteiger partial charge in [-0.1, -0.05) is 11.6 Å². The third kappa shape index (κ3) is 4.67. The maximum absolute atomic E-state index is 12.7. The summed E-state index contributed by atoms with van der Waals surface area (Å²) in [6, 6.07) is 7.38. The van der Waals surface area contributed by atoms with Crippen LogP contribution in [-0.2, 0) is 17.9 Å². The summed E-state index contributed by atoms with van der Waals surface area (Å²) in [5, 5.41) is 7.14. The fraction of sp³-hybridized carbons (Fsp3) is 0.211. The Morgan fingerprint density at radius 2 is 2.16 bits per heavy atom. The van der Waals surface area contributed by atoms with Gasteiger partial charge in [0.15, 0.2) is 6.61 Å². The van der Waals surface area contributed by atoms with Crippen LogP contribution in [0.3, 0.4) is 0 Å². The van der Waals surface area contributed by atoms with Crippen molar-refractivity contribution in [3.8, 4) is 16.2 Å². The fourth-order valence-corrected chi connectivity index (χ4v) is 4.40. The number of halogens is 3. The minimum absolute atomic E-state index is 0. The van der Waals surface area contributed by atoms with Gasteiger partial charge in [0, 0.05) is 21.9 Å². The molecular formula is C19H18Cl2FN5O3S. The molecule has 1 aliphatic heterocycles. The average Bonchev–Trinajstić information content (AvgIpc) is 3.34. The molecule has 12 heteroatoms. The summed E-state index contributed by atoms with van der Waals surface area (Å²) in [5.74, 6) is 0.267. The Balaban J connectivity index is 0.00000272. The van der Waals surface area contributed by atoms with Crippen molar-refractivity contribution in [2.24, 2.45) is 5.73 Å². The first-order valence-corrected chi connectivity index (χ1v) is 10.1. The van der Waals surface area contributed by atoms with E-state index in [9.17, 15) is 14.0 Å². The molecule has 0 spiro atoms. The number of hydrogen-bond acceptors (Lipinski definition) is 6. The molecule has 0 aliphatic carbocycles. The Labute approximate surface area is 191 Å². The van der Waals surface area contributed by atoms with Crippen molar-refractivity contribution in [1.82, 2.24) is 14.3 Å². The van der Waals surface area contributed by atoms with Crippen molar-refractivity contribution in [3.63, 3.8) is 0 Å². The zero-order valence-corrected chi connectivity index (χ0v) is 18.4. The highest BCUT2D eigenvalue weighted by Gasteiger charge is 2.22. The van der Waals surface area contributed by atoms with E-state index in [4.69, 9.17) is 22.1 Å². The molecule has 3 heterocycles. The van der Waals surface area contributed by atoms with Crippen LogP contribution in [-0.4, -0.2) is 33.4 Å². The number of benzene rings is 1. The lowest BCUT2D eigenvalue weighted by Gasteiger charge is -2.20. The highest BCUT2D eigenvalue weighted by atomic mass is 35.5. The van der Waals surface area contributed by atoms with E-state index in [-0.39, 0.29) is 49.3 Å². The van der Waals surface area contributed by atoms with Gasteiger partial charge in [0.05, 0.1) is 24.4 Å². The van der Waals surface area contributed by atoms with E-state index in [0.29, 0.717) is 29.3 Å². The summed E-state index contributed by atoms with van der Waals surface area (Å²) in [5.41, 5.74) is 6.56. The number of nitrogens with zero attached hydrogens (tertiary/aromatic N) is 3. The zero-order valence-electron chi connectivity index (χ0n) is 16.0. The molecule has 3 aromatic rings. The summed E-state index contributed by atoms with van der Waals surface area (Å²) < 4.78 is 20.7. The number of hydrogen-bond donors (Lipinski definition) is 2. The van der Waals surface area contributed by atoms with Gasteiger partial charge < -0.3 is 15.8 Å². The molecule has 0 unspecified atom stereocenters. The van der Waals surface area contributed by atoms with Gasteiger partial charge in [0.2, 0.25) is 0 Å². The Bertz CT molecular complexity index is 1200. The molecule has 0 radical (unpaired) electrons. The number of carbonyl (C=O) groups excluding carboxylic acids is 1. The van der Waals surface area contributed by atoms with Crippen LogP contribution in [0.5, 0.6) is 5.75 Å². The summed E-state index contributed by atoms with van der Waals surface area (Å²) in [6.07, 6.45) is 1.81. The van der Waals surface area contributed by atoms with Crippen molar-refractivity contribution in [2.75, 3.05) is 18.5 Å². The normalized spacial score (nSPS) is 13.3. The van der Waals surface area contributed by atoms with E-state index >= 15 is 0 Å². The van der Waals surface area contributed by atoms with E-state index in [2.05, 4.69) is 10.4 Å². The first-order chi connectivity index (χ1) is 14.5. The van der Waals surface area contributed by atoms with Gasteiger partial charge in [-0.3, -0.25) is 9.36 Å². The molecule has 4 rings (SSSR count). The predicted octanol–water partition coefficient (Wildman–Crippen LogP) is 3.04. The van der Waals surface area contributed by atoms with Gasteiger partial charge >= 0.3 is 5.69 Å². The van der Waals surface area contributed by atoms with E-state index in [1.807, 2.05) is 18.2 Å². The molecule has 8 nitrogen and oxygen atoms in total. The SMILES string of the molecule is Cl.NC/C(=C\F)Cn1ncn(Cc2ccc(-c3ccc4c(c3Cl)NC(=O)CO4)s2)c1=O. The fourth-order valence-electron chi connectivity index (χ4n) is 3.00. The van der Waals surface area contributed by atoms with Crippen LogP contribution >= 0.6 is 35.3 Å². The Hall–Kier alpha value is -2.66. The number of carbonyl (C=O) groups is 1. The number of fused-ring (bicyclic) bond motifs is 1. The maximum atomic E-state index is 12.7. The Morgan fingerprint density at radius 1 is 1.35 bits per heavy atom. The van der Waals surface area contributed by atoms with E-state index in [1.54, 1.807) is 6.07 Å². The number of ether oxygens (including phenoxy) is 1. The first kappa shape index (κ1) is 23.0. The summed E-state index contributed by atoms with van der Waals surface area (Å²) in [4.78, 5) is 25.9. The van der Waals surface area contributed by atoms with Crippen molar-refractivity contribution in [3.05, 3.63) is 62.9 Å². The standard InChI is InChI=1S/C19H17ClFN5O3S.ClH/c20-17-13(2-3-14-18(17)24-16(27)9-29-14)15-4-1-12(30-15)8-25-10-23-26(19(25)28)7-11(5-21)6-22;/h1-5,10H,6-9,22H2,(H,24,27);1H/b11-5+;. The van der Waals surface area contributed by atoms with Crippen molar-refractivity contribution >= 4 is 46.9 Å². The predicted molar refractivity (Wildman–Crippen MR) is 120 cm³/mol. The number of anilines is 1. The van der Waals surface area contributed by atoms with Gasteiger partial charge in [-0.05, 0) is 29.8 Å². The number of aromatic nitrogens is 3. The van der Waals surface area contributed by atoms with Crippen molar-refractivity contribution in [2.45, 2.75) is 13.1 Å². The third-order valence-corrected chi connectivity index (χ3v) is 6.04. The van der Waals surface area contributed by atoms with Crippen molar-refractivity contribution < 1.29 is 13.9 Å². The molecule has 0 bridgehead atoms. The molecule has 0 saturated heterocycles. The van der Waals surface area contributed by atoms with Crippen LogP contribution in [0.1, 0.15) is 4.88 Å². The Kier molecular flexibility index (Phi) is 7.16. The zero-order chi connectivity index (χ0) is 21.3. The van der Waals surface area contributed by atoms with E-state index in [0.717, 1.165) is 20.0 Å². The second-order valence-electron chi connectivity index (χ2n) is 6.57. The monoisotopic (exact) mass is 485 g/mol. The molecule has 0 atom stereocenters. The molecule has 2 aromatic heterocycles. The number of nitrogens with one attached hydrogen (secondary N) is 1. The molecular weight excluding hydrogens is 468 g/mol. The van der Waals surface area contributed by atoms with E-state index in [1.165, 1.54) is 22.2 Å². The lowest BCUT2D eigenvalue weighted by atomic mass is 10.1. The highest BCUT2D eigenvalue weighted by Crippen LogP contribution is 2.43. The molecule has 31 heavy (non-hydrogen) atoms. The highest BCUT2D eigenvalue weighted by molar-refractivity contribution is 7.15. The van der Waals surface area contributed by atoms with Gasteiger partial charge in [0.25, 0.3) is 5.91 Å². The molecule has 1 aliphatic rings. The molecule has 1 aromatic carbocycles. The molecule has 3 N–H and O–H groups in total. The first-order valence-electron chi connectivity index (χ1n) is 8.95. The lowest BCUT2D eigenvalue weighted by Crippen LogP contribution is -2.26. The van der Waals surface area contributed by atoms with Gasteiger partial charge in [-0.25, -0.2) is 13.9 Å². The summed E-state index contributed by atoms with van der Waals surface area (Å²) in [6.45, 7) is 0.287. The smallest absolute Gasteiger partial charge is 0.346 e. The number of rotatable bonds is 6. The summed E-state index contributed by atoms with van der Waals surface area (Å²) >= 11 is 7.96. The largest absolute Gasteiger partial charge is 0.482 e. The van der Waals surface area contributed by atoms with E-state index < -0.39 is 0 Å². The van der Waals surface area contributed by atoms with Gasteiger partial charge in [0.1, 0.15) is 17.8 Å². The van der Waals surface area contributed by atoms with Crippen molar-refractivity contribution in [1.29, 1.82) is 0 Å². The quantitative estimate of drug-likeness (QED) is 0.558. The summed E-state index contributed by atoms with van der Waals surface area (Å²) in [7, 11) is 0. The maximum Gasteiger partial charge on any atom is 0.346 e. The van der Waals surface area contributed by atoms with Gasteiger partial charge in [-0.15, -0.1) is 23.7 Å². The molecule has 0 fully saturated rings. The minimum Gasteiger partial charge on any atom is -0.482 e. The van der Waals surface area contributed by atoms with Crippen LogP contribution in [0.2, 0.25) is 5.02 Å². The second-order valence-corrected chi connectivity index (χ2v) is 8.12. The molecule has 0 saturated carbocycles. The van der Waals surface area contributed by atoms with Crippen LogP contribution in [0.25, 0.3) is 10.4 Å². The average molecular weight is 486 g/mol. The minimum atomic E-state index is -0.357.